The molecule has 2 aromatic carbocycles. The molecule has 1 heterocycles. The highest BCUT2D eigenvalue weighted by Crippen LogP contribution is 2.22. The van der Waals surface area contributed by atoms with E-state index in [9.17, 15) is 9.59 Å². The number of aromatic nitrogens is 1. The highest BCUT2D eigenvalue weighted by molar-refractivity contribution is 7.09. The molecular formula is C25H26ClN3O3S. The predicted molar refractivity (Wildman–Crippen MR) is 130 cm³/mol. The minimum atomic E-state index is -0.239. The molecule has 33 heavy (non-hydrogen) atoms. The summed E-state index contributed by atoms with van der Waals surface area (Å²) >= 11 is 7.55. The Bertz CT molecular complexity index is 1120. The average molecular weight is 484 g/mol. The lowest BCUT2D eigenvalue weighted by molar-refractivity contribution is 0.0860. The van der Waals surface area contributed by atoms with E-state index in [1.165, 1.54) is 16.9 Å². The number of benzene rings is 2. The molecule has 8 heteroatoms. The van der Waals surface area contributed by atoms with E-state index < -0.39 is 0 Å². The summed E-state index contributed by atoms with van der Waals surface area (Å²) in [5.41, 5.74) is 1.97. The zero-order valence-electron chi connectivity index (χ0n) is 18.3. The first kappa shape index (κ1) is 23.3. The van der Waals surface area contributed by atoms with Crippen molar-refractivity contribution >= 4 is 34.8 Å². The van der Waals surface area contributed by atoms with Crippen LogP contribution in [0.2, 0.25) is 5.02 Å². The van der Waals surface area contributed by atoms with E-state index in [1.807, 2.05) is 31.2 Å². The molecule has 0 spiro atoms. The molecule has 2 atom stereocenters. The van der Waals surface area contributed by atoms with E-state index in [1.54, 1.807) is 29.6 Å². The van der Waals surface area contributed by atoms with Crippen molar-refractivity contribution in [3.8, 4) is 5.75 Å². The molecule has 0 radical (unpaired) electrons. The summed E-state index contributed by atoms with van der Waals surface area (Å²) in [4.78, 5) is 30.0. The van der Waals surface area contributed by atoms with E-state index >= 15 is 0 Å². The van der Waals surface area contributed by atoms with Gasteiger partial charge in [-0.25, -0.2) is 4.98 Å². The molecule has 0 bridgehead atoms. The van der Waals surface area contributed by atoms with Gasteiger partial charge < -0.3 is 15.4 Å². The maximum atomic E-state index is 12.9. The van der Waals surface area contributed by atoms with Crippen molar-refractivity contribution in [1.82, 2.24) is 15.6 Å². The summed E-state index contributed by atoms with van der Waals surface area (Å²) < 4.78 is 5.76. The van der Waals surface area contributed by atoms with Crippen molar-refractivity contribution in [2.24, 2.45) is 0 Å². The van der Waals surface area contributed by atoms with Gasteiger partial charge in [-0.2, -0.15) is 0 Å². The first-order valence-electron chi connectivity index (χ1n) is 11.0. The van der Waals surface area contributed by atoms with Crippen LogP contribution in [-0.4, -0.2) is 28.9 Å². The first-order valence-corrected chi connectivity index (χ1v) is 12.3. The molecule has 2 N–H and O–H groups in total. The number of ether oxygens (including phenoxy) is 1. The average Bonchev–Trinajstić information content (AvgIpc) is 3.29. The number of halogens is 1. The summed E-state index contributed by atoms with van der Waals surface area (Å²) in [6, 6.07) is 14.4. The molecule has 1 aromatic heterocycles. The Balaban J connectivity index is 1.35. The third-order valence-electron chi connectivity index (χ3n) is 5.69. The highest BCUT2D eigenvalue weighted by atomic mass is 35.5. The number of carbonyl (C=O) groups excluding carboxylic acids is 2. The molecule has 4 rings (SSSR count). The standard InChI is InChI=1S/C25H26ClN3O3S/c1-16-10-12-17(13-11-16)32-14-23-27-22(15-33-23)25(31)29-21-9-5-4-8-20(21)28-24(30)18-6-2-3-7-19(18)26/h2-3,6-7,10-13,15,20-21H,4-5,8-9,14H2,1H3,(H,28,30)(H,29,31). The summed E-state index contributed by atoms with van der Waals surface area (Å²) in [5, 5.41) is 9.00. The van der Waals surface area contributed by atoms with Crippen molar-refractivity contribution in [2.75, 3.05) is 0 Å². The Morgan fingerprint density at radius 1 is 1.03 bits per heavy atom. The third-order valence-corrected chi connectivity index (χ3v) is 6.84. The van der Waals surface area contributed by atoms with Gasteiger partial charge in [-0.15, -0.1) is 11.3 Å². The van der Waals surface area contributed by atoms with Crippen LogP contribution >= 0.6 is 22.9 Å². The summed E-state index contributed by atoms with van der Waals surface area (Å²) in [7, 11) is 0. The maximum Gasteiger partial charge on any atom is 0.271 e. The van der Waals surface area contributed by atoms with Crippen molar-refractivity contribution in [3.63, 3.8) is 0 Å². The molecule has 0 aliphatic heterocycles. The van der Waals surface area contributed by atoms with Crippen molar-refractivity contribution in [3.05, 3.63) is 80.8 Å². The Kier molecular flexibility index (Phi) is 7.62. The highest BCUT2D eigenvalue weighted by Gasteiger charge is 2.29. The number of carbonyl (C=O) groups is 2. The van der Waals surface area contributed by atoms with Crippen LogP contribution in [-0.2, 0) is 6.61 Å². The van der Waals surface area contributed by atoms with Crippen molar-refractivity contribution in [1.29, 1.82) is 0 Å². The van der Waals surface area contributed by atoms with Crippen molar-refractivity contribution < 1.29 is 14.3 Å². The van der Waals surface area contributed by atoms with Crippen LogP contribution in [0.25, 0.3) is 0 Å². The molecule has 2 unspecified atom stereocenters. The number of rotatable bonds is 7. The van der Waals surface area contributed by atoms with E-state index in [0.717, 1.165) is 36.4 Å². The number of hydrogen-bond acceptors (Lipinski definition) is 5. The van der Waals surface area contributed by atoms with Crippen LogP contribution in [0.3, 0.4) is 0 Å². The Labute approximate surface area is 202 Å². The summed E-state index contributed by atoms with van der Waals surface area (Å²) in [5.74, 6) is 0.300. The molecule has 6 nitrogen and oxygen atoms in total. The van der Waals surface area contributed by atoms with Crippen LogP contribution in [0.5, 0.6) is 5.75 Å². The smallest absolute Gasteiger partial charge is 0.271 e. The third kappa shape index (κ3) is 6.12. The quantitative estimate of drug-likeness (QED) is 0.486. The molecule has 1 saturated carbocycles. The van der Waals surface area contributed by atoms with E-state index in [2.05, 4.69) is 15.6 Å². The number of nitrogens with zero attached hydrogens (tertiary/aromatic N) is 1. The number of nitrogens with one attached hydrogen (secondary N) is 2. The number of hydrogen-bond donors (Lipinski definition) is 2. The Morgan fingerprint density at radius 2 is 1.70 bits per heavy atom. The van der Waals surface area contributed by atoms with Gasteiger partial charge in [-0.05, 0) is 44.0 Å². The lowest BCUT2D eigenvalue weighted by atomic mass is 9.90. The van der Waals surface area contributed by atoms with Crippen LogP contribution in [0, 0.1) is 6.92 Å². The fourth-order valence-electron chi connectivity index (χ4n) is 3.87. The fraction of sp³-hybridized carbons (Fsp3) is 0.320. The minimum Gasteiger partial charge on any atom is -0.486 e. The number of aryl methyl sites for hydroxylation is 1. The second-order valence-corrected chi connectivity index (χ2v) is 9.50. The molecule has 0 saturated heterocycles. The number of thiazole rings is 1. The normalized spacial score (nSPS) is 17.9. The molecule has 172 valence electrons. The van der Waals surface area contributed by atoms with Gasteiger partial charge in [0.25, 0.3) is 11.8 Å². The van der Waals surface area contributed by atoms with Crippen LogP contribution in [0.1, 0.15) is 57.1 Å². The molecule has 1 aliphatic rings. The Morgan fingerprint density at radius 3 is 2.39 bits per heavy atom. The summed E-state index contributed by atoms with van der Waals surface area (Å²) in [6.45, 7) is 2.33. The monoisotopic (exact) mass is 483 g/mol. The largest absolute Gasteiger partial charge is 0.486 e. The van der Waals surface area contributed by atoms with E-state index in [0.29, 0.717) is 22.9 Å². The van der Waals surface area contributed by atoms with Gasteiger partial charge in [-0.1, -0.05) is 54.3 Å². The van der Waals surface area contributed by atoms with Crippen LogP contribution in [0.15, 0.2) is 53.9 Å². The van der Waals surface area contributed by atoms with Gasteiger partial charge in [-0.3, -0.25) is 9.59 Å². The van der Waals surface area contributed by atoms with Gasteiger partial charge in [0, 0.05) is 17.5 Å². The minimum absolute atomic E-state index is 0.158. The van der Waals surface area contributed by atoms with E-state index in [-0.39, 0.29) is 23.9 Å². The van der Waals surface area contributed by atoms with Crippen LogP contribution < -0.4 is 15.4 Å². The van der Waals surface area contributed by atoms with Gasteiger partial charge in [0.1, 0.15) is 23.1 Å². The second-order valence-electron chi connectivity index (χ2n) is 8.15. The zero-order chi connectivity index (χ0) is 23.2. The fourth-order valence-corrected chi connectivity index (χ4v) is 4.78. The maximum absolute atomic E-state index is 12.9. The predicted octanol–water partition coefficient (Wildman–Crippen LogP) is 5.15. The lowest BCUT2D eigenvalue weighted by Crippen LogP contribution is -2.53. The molecular weight excluding hydrogens is 458 g/mol. The molecule has 3 aromatic rings. The first-order chi connectivity index (χ1) is 16.0. The van der Waals surface area contributed by atoms with Gasteiger partial charge in [0.05, 0.1) is 10.6 Å². The molecule has 1 aliphatic carbocycles. The van der Waals surface area contributed by atoms with Gasteiger partial charge in [0.15, 0.2) is 0 Å². The topological polar surface area (TPSA) is 80.3 Å². The lowest BCUT2D eigenvalue weighted by Gasteiger charge is -2.32. The second kappa shape index (κ2) is 10.8. The van der Waals surface area contributed by atoms with E-state index in [4.69, 9.17) is 16.3 Å². The zero-order valence-corrected chi connectivity index (χ0v) is 19.9. The van der Waals surface area contributed by atoms with Crippen molar-refractivity contribution in [2.45, 2.75) is 51.3 Å². The Hall–Kier alpha value is -2.90. The SMILES string of the molecule is Cc1ccc(OCc2nc(C(=O)NC3CCCCC3NC(=O)c3ccccc3Cl)cs2)cc1. The number of amides is 2. The molecule has 1 fully saturated rings. The van der Waals surface area contributed by atoms with Crippen LogP contribution in [0.4, 0.5) is 0 Å². The summed E-state index contributed by atoms with van der Waals surface area (Å²) in [6.07, 6.45) is 3.59. The van der Waals surface area contributed by atoms with Gasteiger partial charge >= 0.3 is 0 Å². The van der Waals surface area contributed by atoms with Gasteiger partial charge in [0.2, 0.25) is 0 Å². The molecule has 2 amide bonds.